The first-order chi connectivity index (χ1) is 7.83. The molecule has 0 spiro atoms. The maximum Gasteiger partial charge on any atom is 0.0541 e. The van der Waals surface area contributed by atoms with E-state index in [1.165, 1.54) is 51.9 Å². The minimum atomic E-state index is -0.0102. The molecular formula is C13H24N2O. The first kappa shape index (κ1) is 11.0. The van der Waals surface area contributed by atoms with Crippen LogP contribution in [-0.4, -0.2) is 59.3 Å². The minimum Gasteiger partial charge on any atom is -0.393 e. The third kappa shape index (κ3) is 2.41. The van der Waals surface area contributed by atoms with Crippen molar-refractivity contribution < 1.29 is 5.11 Å². The van der Waals surface area contributed by atoms with E-state index < -0.39 is 0 Å². The molecule has 92 valence electrons. The van der Waals surface area contributed by atoms with Crippen molar-refractivity contribution in [2.24, 2.45) is 0 Å². The van der Waals surface area contributed by atoms with Crippen LogP contribution in [0.2, 0.25) is 0 Å². The second-order valence-electron chi connectivity index (χ2n) is 5.77. The molecule has 0 aromatic rings. The molecule has 3 nitrogen and oxygen atoms in total. The fraction of sp³-hybridized carbons (Fsp3) is 1.00. The van der Waals surface area contributed by atoms with E-state index in [-0.39, 0.29) is 6.10 Å². The average Bonchev–Trinajstić information content (AvgIpc) is 3.14. The summed E-state index contributed by atoms with van der Waals surface area (Å²) in [6, 6.07) is 1.71. The molecule has 1 saturated heterocycles. The zero-order valence-electron chi connectivity index (χ0n) is 10.1. The van der Waals surface area contributed by atoms with Gasteiger partial charge in [0.15, 0.2) is 0 Å². The number of hydrogen-bond donors (Lipinski definition) is 1. The molecule has 0 aromatic carbocycles. The topological polar surface area (TPSA) is 26.7 Å². The Morgan fingerprint density at radius 3 is 1.38 bits per heavy atom. The molecule has 3 heteroatoms. The number of nitrogens with zero attached hydrogens (tertiary/aromatic N) is 2. The van der Waals surface area contributed by atoms with Crippen molar-refractivity contribution in [3.05, 3.63) is 0 Å². The average molecular weight is 224 g/mol. The molecule has 0 amide bonds. The van der Waals surface area contributed by atoms with Crippen molar-refractivity contribution in [3.63, 3.8) is 0 Å². The van der Waals surface area contributed by atoms with Gasteiger partial charge in [-0.2, -0.15) is 0 Å². The summed E-state index contributed by atoms with van der Waals surface area (Å²) in [5.74, 6) is 0. The van der Waals surface area contributed by atoms with Crippen LogP contribution in [0.1, 0.15) is 38.5 Å². The van der Waals surface area contributed by atoms with E-state index in [0.29, 0.717) is 0 Å². The zero-order chi connectivity index (χ0) is 11.0. The third-order valence-electron chi connectivity index (χ3n) is 4.59. The first-order valence-electron chi connectivity index (χ1n) is 6.99. The van der Waals surface area contributed by atoms with Crippen molar-refractivity contribution in [3.8, 4) is 0 Å². The number of aliphatic hydroxyl groups is 1. The molecule has 0 atom stereocenters. The van der Waals surface area contributed by atoms with Gasteiger partial charge in [0.05, 0.1) is 6.10 Å². The second kappa shape index (κ2) is 4.63. The summed E-state index contributed by atoms with van der Waals surface area (Å²) in [6.45, 7) is 5.09. The fourth-order valence-corrected chi connectivity index (χ4v) is 3.33. The Kier molecular flexibility index (Phi) is 3.18. The molecule has 0 aromatic heterocycles. The van der Waals surface area contributed by atoms with Gasteiger partial charge in [-0.1, -0.05) is 0 Å². The minimum absolute atomic E-state index is 0.0102. The van der Waals surface area contributed by atoms with E-state index in [1.54, 1.807) is 0 Å². The van der Waals surface area contributed by atoms with E-state index in [0.717, 1.165) is 24.9 Å². The Bertz CT molecular complexity index is 226. The van der Waals surface area contributed by atoms with Gasteiger partial charge in [0.2, 0.25) is 0 Å². The van der Waals surface area contributed by atoms with Crippen LogP contribution in [0, 0.1) is 0 Å². The number of piperazine rings is 1. The van der Waals surface area contributed by atoms with Gasteiger partial charge in [-0.25, -0.2) is 0 Å². The van der Waals surface area contributed by atoms with Crippen molar-refractivity contribution in [1.82, 2.24) is 9.80 Å². The van der Waals surface area contributed by atoms with E-state index in [4.69, 9.17) is 0 Å². The van der Waals surface area contributed by atoms with Crippen LogP contribution in [0.3, 0.4) is 0 Å². The molecule has 0 unspecified atom stereocenters. The predicted molar refractivity (Wildman–Crippen MR) is 64.4 cm³/mol. The molecule has 2 saturated carbocycles. The van der Waals surface area contributed by atoms with E-state index in [1.807, 2.05) is 0 Å². The van der Waals surface area contributed by atoms with Crippen molar-refractivity contribution >= 4 is 0 Å². The lowest BCUT2D eigenvalue weighted by Crippen LogP contribution is -2.51. The van der Waals surface area contributed by atoms with Crippen LogP contribution in [0.25, 0.3) is 0 Å². The van der Waals surface area contributed by atoms with E-state index >= 15 is 0 Å². The Morgan fingerprint density at radius 1 is 0.625 bits per heavy atom. The molecular weight excluding hydrogens is 200 g/mol. The van der Waals surface area contributed by atoms with Gasteiger partial charge < -0.3 is 5.11 Å². The maximum atomic E-state index is 9.52. The second-order valence-corrected chi connectivity index (χ2v) is 5.77. The van der Waals surface area contributed by atoms with Crippen molar-refractivity contribution in [2.45, 2.75) is 56.7 Å². The highest BCUT2D eigenvalue weighted by Gasteiger charge is 2.33. The number of rotatable bonds is 2. The SMILES string of the molecule is OC1CCC(N2CCN(C3CC3)CC2)CC1. The Balaban J connectivity index is 1.46. The molecule has 3 aliphatic rings. The monoisotopic (exact) mass is 224 g/mol. The summed E-state index contributed by atoms with van der Waals surface area (Å²) >= 11 is 0. The maximum absolute atomic E-state index is 9.52. The predicted octanol–water partition coefficient (Wildman–Crippen LogP) is 1.07. The largest absolute Gasteiger partial charge is 0.393 e. The fourth-order valence-electron chi connectivity index (χ4n) is 3.33. The van der Waals surface area contributed by atoms with Crippen LogP contribution in [0.5, 0.6) is 0 Å². The van der Waals surface area contributed by atoms with E-state index in [9.17, 15) is 5.11 Å². The normalized spacial score (nSPS) is 38.8. The first-order valence-corrected chi connectivity index (χ1v) is 6.99. The summed E-state index contributed by atoms with van der Waals surface area (Å²) in [5.41, 5.74) is 0. The summed E-state index contributed by atoms with van der Waals surface area (Å²) in [5, 5.41) is 9.52. The van der Waals surface area contributed by atoms with Crippen LogP contribution in [0.4, 0.5) is 0 Å². The molecule has 1 N–H and O–H groups in total. The van der Waals surface area contributed by atoms with Gasteiger partial charge in [-0.15, -0.1) is 0 Å². The standard InChI is InChI=1S/C13H24N2O/c16-13-5-3-12(4-6-13)15-9-7-14(8-10-15)11-1-2-11/h11-13,16H,1-10H2. The molecule has 1 heterocycles. The summed E-state index contributed by atoms with van der Waals surface area (Å²) in [4.78, 5) is 5.35. The van der Waals surface area contributed by atoms with Gasteiger partial charge in [-0.3, -0.25) is 9.80 Å². The van der Waals surface area contributed by atoms with Gasteiger partial charge in [0.1, 0.15) is 0 Å². The number of aliphatic hydroxyl groups excluding tert-OH is 1. The Hall–Kier alpha value is -0.120. The van der Waals surface area contributed by atoms with Gasteiger partial charge >= 0.3 is 0 Å². The molecule has 3 fully saturated rings. The van der Waals surface area contributed by atoms with Crippen LogP contribution in [-0.2, 0) is 0 Å². The molecule has 0 radical (unpaired) electrons. The highest BCUT2D eigenvalue weighted by molar-refractivity contribution is 4.89. The van der Waals surface area contributed by atoms with Crippen molar-refractivity contribution in [2.75, 3.05) is 26.2 Å². The van der Waals surface area contributed by atoms with Crippen LogP contribution in [0.15, 0.2) is 0 Å². The van der Waals surface area contributed by atoms with Gasteiger partial charge in [0, 0.05) is 38.3 Å². The molecule has 0 bridgehead atoms. The molecule has 1 aliphatic heterocycles. The molecule has 16 heavy (non-hydrogen) atoms. The summed E-state index contributed by atoms with van der Waals surface area (Å²) in [7, 11) is 0. The Morgan fingerprint density at radius 2 is 1.00 bits per heavy atom. The van der Waals surface area contributed by atoms with E-state index in [2.05, 4.69) is 9.80 Å². The lowest BCUT2D eigenvalue weighted by atomic mass is 9.91. The number of hydrogen-bond acceptors (Lipinski definition) is 3. The van der Waals surface area contributed by atoms with Gasteiger partial charge in [0.25, 0.3) is 0 Å². The van der Waals surface area contributed by atoms with Crippen LogP contribution < -0.4 is 0 Å². The smallest absolute Gasteiger partial charge is 0.0541 e. The summed E-state index contributed by atoms with van der Waals surface area (Å²) < 4.78 is 0. The molecule has 3 rings (SSSR count). The van der Waals surface area contributed by atoms with Crippen molar-refractivity contribution in [1.29, 1.82) is 0 Å². The lowest BCUT2D eigenvalue weighted by Gasteiger charge is -2.41. The third-order valence-corrected chi connectivity index (χ3v) is 4.59. The van der Waals surface area contributed by atoms with Gasteiger partial charge in [-0.05, 0) is 38.5 Å². The highest BCUT2D eigenvalue weighted by Crippen LogP contribution is 2.29. The van der Waals surface area contributed by atoms with Crippen LogP contribution >= 0.6 is 0 Å². The highest BCUT2D eigenvalue weighted by atomic mass is 16.3. The lowest BCUT2D eigenvalue weighted by molar-refractivity contribution is 0.0422. The summed E-state index contributed by atoms with van der Waals surface area (Å²) in [6.07, 6.45) is 7.34. The molecule has 2 aliphatic carbocycles. The quantitative estimate of drug-likeness (QED) is 0.760. The Labute approximate surface area is 98.4 Å². The zero-order valence-corrected chi connectivity index (χ0v) is 10.1.